The molecule has 0 aliphatic heterocycles. The number of alkyl halides is 6. The molecule has 4 rings (SSSR count). The fourth-order valence-electron chi connectivity index (χ4n) is 8.90. The molecule has 210 valence electrons. The zero-order valence-corrected chi connectivity index (χ0v) is 22.7. The van der Waals surface area contributed by atoms with Crippen LogP contribution in [0.1, 0.15) is 85.0 Å². The smallest absolute Gasteiger partial charge is 0.374 e. The highest BCUT2D eigenvalue weighted by Crippen LogP contribution is 2.67. The summed E-state index contributed by atoms with van der Waals surface area (Å²) in [5.74, 6) is 1.17. The van der Waals surface area contributed by atoms with E-state index in [1.807, 2.05) is 0 Å². The lowest BCUT2D eigenvalue weighted by molar-refractivity contribution is -0.370. The second-order valence-corrected chi connectivity index (χ2v) is 13.4. The van der Waals surface area contributed by atoms with Gasteiger partial charge in [0, 0.05) is 0 Å². The Kier molecular flexibility index (Phi) is 8.20. The first kappa shape index (κ1) is 29.6. The van der Waals surface area contributed by atoms with E-state index >= 15 is 0 Å². The quantitative estimate of drug-likeness (QED) is 0.150. The normalized spacial score (nSPS) is 39.4. The van der Waals surface area contributed by atoms with E-state index in [0.717, 1.165) is 51.4 Å². The van der Waals surface area contributed by atoms with E-state index < -0.39 is 24.4 Å². The molecule has 4 aliphatic rings. The fraction of sp³-hybridized carbons (Fsp3) is 0.926. The second kappa shape index (κ2) is 10.2. The third-order valence-electron chi connectivity index (χ3n) is 11.0. The molecule has 0 aromatic heterocycles. The minimum absolute atomic E-state index is 0.0553. The molecule has 37 heavy (non-hydrogen) atoms. The van der Waals surface area contributed by atoms with Gasteiger partial charge in [-0.1, -0.05) is 32.4 Å². The van der Waals surface area contributed by atoms with Crippen molar-refractivity contribution < 1.29 is 35.6 Å². The van der Waals surface area contributed by atoms with Crippen LogP contribution in [0.3, 0.4) is 0 Å². The maximum absolute atomic E-state index is 13.2. The number of hydrogen-bond donors (Lipinski definition) is 1. The van der Waals surface area contributed by atoms with Crippen LogP contribution in [0.5, 0.6) is 0 Å². The average molecular weight is 552 g/mol. The number of hydrogen-bond acceptors (Lipinski definition) is 3. The van der Waals surface area contributed by atoms with E-state index in [2.05, 4.69) is 19.9 Å². The van der Waals surface area contributed by atoms with Crippen LogP contribution >= 0.6 is 12.0 Å². The van der Waals surface area contributed by atoms with Crippen molar-refractivity contribution in [3.63, 3.8) is 0 Å². The molecule has 8 atom stereocenters. The number of fused-ring (bicyclic) bond motifs is 5. The molecule has 0 spiro atoms. The van der Waals surface area contributed by atoms with Crippen LogP contribution < -0.4 is 0 Å². The average Bonchev–Trinajstić information content (AvgIpc) is 3.16. The molecule has 3 saturated carbocycles. The molecular weight excluding hydrogens is 513 g/mol. The minimum atomic E-state index is -5.75. The molecule has 1 N–H and O–H groups in total. The summed E-state index contributed by atoms with van der Waals surface area (Å²) < 4.78 is 85.2. The maximum atomic E-state index is 13.2. The molecule has 0 aromatic carbocycles. The summed E-state index contributed by atoms with van der Waals surface area (Å²) in [6, 6.07) is 0. The SMILES string of the molecule is [B]CSOC1CCC2(C)C(=CCC3C2CCC2(C)C(C(C)CCC(O)(C(F)(F)F)C(F)(F)F)CCC32)C1. The highest BCUT2D eigenvalue weighted by molar-refractivity contribution is 7.95. The van der Waals surface area contributed by atoms with Gasteiger partial charge in [-0.25, -0.2) is 0 Å². The van der Waals surface area contributed by atoms with E-state index in [9.17, 15) is 31.4 Å². The van der Waals surface area contributed by atoms with Crippen molar-refractivity contribution in [3.05, 3.63) is 11.6 Å². The van der Waals surface area contributed by atoms with Crippen molar-refractivity contribution >= 4 is 19.9 Å². The predicted octanol–water partition coefficient (Wildman–Crippen LogP) is 8.00. The molecule has 10 heteroatoms. The van der Waals surface area contributed by atoms with Crippen LogP contribution in [0.4, 0.5) is 26.3 Å². The third-order valence-corrected chi connectivity index (χ3v) is 11.5. The van der Waals surface area contributed by atoms with Gasteiger partial charge in [0.05, 0.1) is 14.0 Å². The van der Waals surface area contributed by atoms with Crippen LogP contribution in [0.25, 0.3) is 0 Å². The lowest BCUT2D eigenvalue weighted by Gasteiger charge is -2.58. The summed E-state index contributed by atoms with van der Waals surface area (Å²) in [6.45, 7) is 6.38. The topological polar surface area (TPSA) is 29.5 Å². The molecule has 0 amide bonds. The molecule has 2 radical (unpaired) electrons. The third kappa shape index (κ3) is 5.02. The molecule has 0 heterocycles. The predicted molar refractivity (Wildman–Crippen MR) is 134 cm³/mol. The molecule has 2 nitrogen and oxygen atoms in total. The van der Waals surface area contributed by atoms with Crippen molar-refractivity contribution in [1.29, 1.82) is 0 Å². The van der Waals surface area contributed by atoms with Gasteiger partial charge in [0.2, 0.25) is 0 Å². The highest BCUT2D eigenvalue weighted by atomic mass is 32.2. The first-order valence-corrected chi connectivity index (χ1v) is 14.5. The van der Waals surface area contributed by atoms with E-state index in [-0.39, 0.29) is 35.2 Å². The lowest BCUT2D eigenvalue weighted by Crippen LogP contribution is -2.57. The molecule has 4 aliphatic carbocycles. The van der Waals surface area contributed by atoms with Crippen molar-refractivity contribution in [2.75, 3.05) is 5.65 Å². The fourth-order valence-corrected chi connectivity index (χ4v) is 9.34. The molecule has 0 bridgehead atoms. The Morgan fingerprint density at radius 2 is 1.73 bits per heavy atom. The second-order valence-electron chi connectivity index (χ2n) is 12.6. The Balaban J connectivity index is 1.47. The van der Waals surface area contributed by atoms with Gasteiger partial charge < -0.3 is 9.29 Å². The Morgan fingerprint density at radius 1 is 1.05 bits per heavy atom. The minimum Gasteiger partial charge on any atom is -0.374 e. The maximum Gasteiger partial charge on any atom is 0.426 e. The number of rotatable bonds is 7. The summed E-state index contributed by atoms with van der Waals surface area (Å²) in [5.41, 5.74) is -2.72. The Morgan fingerprint density at radius 3 is 2.35 bits per heavy atom. The molecule has 3 fully saturated rings. The first-order valence-electron chi connectivity index (χ1n) is 13.6. The summed E-state index contributed by atoms with van der Waals surface area (Å²) in [6.07, 6.45) is -2.84. The van der Waals surface area contributed by atoms with Gasteiger partial charge in [0.1, 0.15) is 0 Å². The summed E-state index contributed by atoms with van der Waals surface area (Å²) in [4.78, 5) is 0. The Bertz CT molecular complexity index is 849. The van der Waals surface area contributed by atoms with Gasteiger partial charge >= 0.3 is 12.4 Å². The summed E-state index contributed by atoms with van der Waals surface area (Å²) in [5, 5.41) is 9.66. The van der Waals surface area contributed by atoms with Gasteiger partial charge in [-0.05, 0) is 122 Å². The van der Waals surface area contributed by atoms with E-state index in [0.29, 0.717) is 23.4 Å². The highest BCUT2D eigenvalue weighted by Gasteiger charge is 2.70. The largest absolute Gasteiger partial charge is 0.426 e. The van der Waals surface area contributed by atoms with Crippen LogP contribution in [0.2, 0.25) is 0 Å². The van der Waals surface area contributed by atoms with Crippen molar-refractivity contribution in [1.82, 2.24) is 0 Å². The molecular formula is C27H39BF6O2S. The first-order chi connectivity index (χ1) is 17.1. The molecule has 0 aromatic rings. The van der Waals surface area contributed by atoms with Crippen molar-refractivity contribution in [3.8, 4) is 0 Å². The standard InChI is InChI=1S/C27H39BF6O2S/c1-16(8-13-25(35,26(29,30)31)27(32,33)34)20-6-7-21-19-5-4-17-14-18(36-37-15-28)9-11-23(17,2)22(19)10-12-24(20,21)3/h4,16,18-22,35H,5-15H2,1-3H3. The monoisotopic (exact) mass is 552 g/mol. The van der Waals surface area contributed by atoms with Crippen molar-refractivity contribution in [2.24, 2.45) is 40.4 Å². The number of halogens is 6. The van der Waals surface area contributed by atoms with Gasteiger partial charge in [-0.2, -0.15) is 26.3 Å². The Labute approximate surface area is 222 Å². The van der Waals surface area contributed by atoms with Crippen LogP contribution in [0.15, 0.2) is 11.6 Å². The van der Waals surface area contributed by atoms with Gasteiger partial charge in [-0.3, -0.25) is 0 Å². The van der Waals surface area contributed by atoms with Gasteiger partial charge in [0.25, 0.3) is 5.60 Å². The van der Waals surface area contributed by atoms with E-state index in [1.165, 1.54) is 17.6 Å². The number of aliphatic hydroxyl groups is 1. The number of allylic oxidation sites excluding steroid dienone is 1. The van der Waals surface area contributed by atoms with Gasteiger partial charge in [0.15, 0.2) is 0 Å². The molecule has 8 unspecified atom stereocenters. The summed E-state index contributed by atoms with van der Waals surface area (Å²) in [7, 11) is 5.57. The zero-order valence-electron chi connectivity index (χ0n) is 21.9. The van der Waals surface area contributed by atoms with Crippen LogP contribution in [0, 0.1) is 40.4 Å². The van der Waals surface area contributed by atoms with Crippen LogP contribution in [-0.4, -0.2) is 42.7 Å². The van der Waals surface area contributed by atoms with Crippen molar-refractivity contribution in [2.45, 2.75) is 109 Å². The summed E-state index contributed by atoms with van der Waals surface area (Å²) >= 11 is 1.31. The van der Waals surface area contributed by atoms with E-state index in [1.54, 1.807) is 6.92 Å². The zero-order chi connectivity index (χ0) is 27.4. The molecule has 0 saturated heterocycles. The lowest BCUT2D eigenvalue weighted by atomic mass is 9.47. The van der Waals surface area contributed by atoms with Gasteiger partial charge in [-0.15, -0.1) is 0 Å². The van der Waals surface area contributed by atoms with E-state index in [4.69, 9.17) is 12.0 Å². The Hall–Kier alpha value is -0.345. The van der Waals surface area contributed by atoms with Crippen LogP contribution in [-0.2, 0) is 4.18 Å².